The first-order chi connectivity index (χ1) is 29.3. The summed E-state index contributed by atoms with van der Waals surface area (Å²) < 4.78 is 5.62. The van der Waals surface area contributed by atoms with Crippen molar-refractivity contribution in [1.29, 1.82) is 0 Å². The first-order valence-corrected chi connectivity index (χ1v) is 24.9. The predicted octanol–water partition coefficient (Wildman–Crippen LogP) is 15.1. The van der Waals surface area contributed by atoms with Gasteiger partial charge in [-0.2, -0.15) is 0 Å². The van der Waals surface area contributed by atoms with Crippen molar-refractivity contribution >= 4 is 98.8 Å². The van der Waals surface area contributed by atoms with Gasteiger partial charge in [-0.15, -0.1) is 22.7 Å². The molecule has 0 spiro atoms. The minimum absolute atomic E-state index is 0.0197. The molecule has 2 aliphatic heterocycles. The van der Waals surface area contributed by atoms with Gasteiger partial charge in [-0.25, -0.2) is 4.98 Å². The van der Waals surface area contributed by atoms with Crippen molar-refractivity contribution in [3.05, 3.63) is 118 Å². The normalized spacial score (nSPS) is 16.9. The minimum Gasteiger partial charge on any atom is -0.310 e. The quantitative estimate of drug-likeness (QED) is 0.161. The number of hydrogen-bond donors (Lipinski definition) is 0. The van der Waals surface area contributed by atoms with Crippen LogP contribution < -0.4 is 24.8 Å². The second-order valence-electron chi connectivity index (χ2n) is 24.4. The number of hydrogen-bond acceptors (Lipinski definition) is 5. The van der Waals surface area contributed by atoms with Crippen LogP contribution in [0.3, 0.4) is 0 Å². The van der Waals surface area contributed by atoms with Gasteiger partial charge in [0.15, 0.2) is 0 Å². The second kappa shape index (κ2) is 13.6. The molecule has 0 atom stereocenters. The van der Waals surface area contributed by atoms with E-state index in [4.69, 9.17) is 4.98 Å². The molecule has 3 aromatic heterocycles. The molecule has 0 amide bonds. The summed E-state index contributed by atoms with van der Waals surface area (Å²) in [5.74, 6) is 1.06. The van der Waals surface area contributed by atoms with Crippen LogP contribution in [0.1, 0.15) is 157 Å². The molecule has 324 valence electrons. The van der Waals surface area contributed by atoms with E-state index in [1.54, 1.807) is 0 Å². The van der Waals surface area contributed by atoms with E-state index in [1.165, 1.54) is 98.6 Å². The summed E-state index contributed by atoms with van der Waals surface area (Å²) in [6.45, 7) is 38.0. The summed E-state index contributed by atoms with van der Waals surface area (Å²) in [6.07, 6.45) is 2.37. The minimum atomic E-state index is -0.205. The zero-order valence-corrected chi connectivity index (χ0v) is 42.4. The third-order valence-corrected chi connectivity index (χ3v) is 17.2. The van der Waals surface area contributed by atoms with Gasteiger partial charge in [0.2, 0.25) is 0 Å². The predicted molar refractivity (Wildman–Crippen MR) is 279 cm³/mol. The highest BCUT2D eigenvalue weighted by Crippen LogP contribution is 2.54. The molecule has 1 aliphatic carbocycles. The Kier molecular flexibility index (Phi) is 9.17. The van der Waals surface area contributed by atoms with Gasteiger partial charge < -0.3 is 4.90 Å². The molecule has 0 saturated heterocycles. The largest absolute Gasteiger partial charge is 0.310 e. The highest BCUT2D eigenvalue weighted by atomic mass is 32.1. The van der Waals surface area contributed by atoms with Crippen LogP contribution in [-0.2, 0) is 32.5 Å². The van der Waals surface area contributed by atoms with Crippen molar-refractivity contribution in [3.63, 3.8) is 0 Å². The first kappa shape index (κ1) is 42.6. The molecule has 0 N–H and O–H groups in total. The Balaban J connectivity index is 1.38. The summed E-state index contributed by atoms with van der Waals surface area (Å²) in [4.78, 5) is 11.1. The number of fused-ring (bicyclic) bond motifs is 9. The molecule has 3 aliphatic rings. The van der Waals surface area contributed by atoms with Crippen molar-refractivity contribution in [1.82, 2.24) is 4.98 Å². The van der Waals surface area contributed by atoms with Crippen molar-refractivity contribution in [3.8, 4) is 0 Å². The van der Waals surface area contributed by atoms with Gasteiger partial charge in [-0.1, -0.05) is 165 Å². The van der Waals surface area contributed by atoms with E-state index in [0.717, 1.165) is 17.2 Å². The molecule has 0 unspecified atom stereocenters. The molecule has 0 bridgehead atoms. The Bertz CT molecular complexity index is 3010. The highest BCUT2D eigenvalue weighted by Gasteiger charge is 2.49. The van der Waals surface area contributed by atoms with Crippen LogP contribution >= 0.6 is 22.7 Å². The monoisotopic (exact) mass is 867 g/mol. The summed E-state index contributed by atoms with van der Waals surface area (Å²) in [5, 5.41) is 2.66. The fraction of sp³-hybridized carbons (Fsp3) is 0.421. The molecule has 0 saturated carbocycles. The topological polar surface area (TPSA) is 19.4 Å². The summed E-state index contributed by atoms with van der Waals surface area (Å²) in [7, 11) is 0. The van der Waals surface area contributed by atoms with Gasteiger partial charge in [-0.3, -0.25) is 4.90 Å². The lowest BCUT2D eigenvalue weighted by molar-refractivity contribution is 0.332. The van der Waals surface area contributed by atoms with Gasteiger partial charge in [0.1, 0.15) is 5.82 Å². The molecular formula is C57H66BN3S2. The van der Waals surface area contributed by atoms with Gasteiger partial charge in [0, 0.05) is 52.2 Å². The Morgan fingerprint density at radius 1 is 0.540 bits per heavy atom. The van der Waals surface area contributed by atoms with Crippen LogP contribution in [0.15, 0.2) is 84.9 Å². The van der Waals surface area contributed by atoms with Crippen LogP contribution in [0, 0.1) is 0 Å². The van der Waals surface area contributed by atoms with Crippen molar-refractivity contribution < 1.29 is 0 Å². The molecule has 10 rings (SSSR count). The molecule has 0 radical (unpaired) electrons. The molecular weight excluding hydrogens is 802 g/mol. The van der Waals surface area contributed by atoms with E-state index in [0.29, 0.717) is 0 Å². The van der Waals surface area contributed by atoms with Gasteiger partial charge in [0.05, 0.1) is 17.1 Å². The van der Waals surface area contributed by atoms with E-state index < -0.39 is 0 Å². The molecule has 5 heterocycles. The average molecular weight is 868 g/mol. The Morgan fingerprint density at radius 3 is 1.56 bits per heavy atom. The standard InChI is InChI=1S/C57H66BN3S2/c1-52(2,3)33-23-25-34(26-24-33)61-46-37-20-18-22-40(54(7,8)9)48(37)63-50(46)58-44-42(32-43(55(10,11)12)59-51(44)61)60(35-27-28-38-41(31-35)57(15,16)30-29-56(38,13)14)45-36-19-17-21-39(53(4,5)6)47(36)62-49(45)58/h17-28,31-32H,29-30H2,1-16H3. The number of rotatable bonds is 2. The number of pyridine rings is 1. The molecule has 63 heavy (non-hydrogen) atoms. The molecule has 0 fully saturated rings. The fourth-order valence-corrected chi connectivity index (χ4v) is 14.1. The van der Waals surface area contributed by atoms with Crippen molar-refractivity contribution in [2.75, 3.05) is 9.80 Å². The molecule has 6 heteroatoms. The lowest BCUT2D eigenvalue weighted by Crippen LogP contribution is -2.60. The number of thiophene rings is 2. The molecule has 3 nitrogen and oxygen atoms in total. The number of benzene rings is 4. The Morgan fingerprint density at radius 2 is 1.05 bits per heavy atom. The maximum absolute atomic E-state index is 5.90. The average Bonchev–Trinajstić information content (AvgIpc) is 3.77. The van der Waals surface area contributed by atoms with Crippen LogP contribution in [0.4, 0.5) is 34.3 Å². The van der Waals surface area contributed by atoms with Crippen molar-refractivity contribution in [2.45, 2.75) is 156 Å². The van der Waals surface area contributed by atoms with Crippen LogP contribution in [-0.4, -0.2) is 11.7 Å². The Labute approximate surface area is 386 Å². The summed E-state index contributed by atoms with van der Waals surface area (Å²) >= 11 is 4.06. The third-order valence-electron chi connectivity index (χ3n) is 14.6. The van der Waals surface area contributed by atoms with E-state index in [1.807, 2.05) is 22.7 Å². The number of anilines is 6. The first-order valence-electron chi connectivity index (χ1n) is 23.3. The SMILES string of the molecule is CC(C)(C)c1ccc(N2c3nc(C(C)(C)C)cc4c3B(c3sc5c(C(C)(C)C)cccc5c3N4c3ccc4c(c3)C(C)(C)CCC4(C)C)c3sc4c(C(C)(C)C)cccc4c32)cc1. The molecule has 7 aromatic rings. The van der Waals surface area contributed by atoms with Gasteiger partial charge in [0.25, 0.3) is 6.71 Å². The maximum atomic E-state index is 5.90. The maximum Gasteiger partial charge on any atom is 0.279 e. The van der Waals surface area contributed by atoms with E-state index in [2.05, 4.69) is 206 Å². The zero-order valence-electron chi connectivity index (χ0n) is 40.7. The van der Waals surface area contributed by atoms with Crippen LogP contribution in [0.5, 0.6) is 0 Å². The van der Waals surface area contributed by atoms with E-state index in [-0.39, 0.29) is 39.2 Å². The smallest absolute Gasteiger partial charge is 0.279 e. The Hall–Kier alpha value is -4.39. The highest BCUT2D eigenvalue weighted by molar-refractivity contribution is 7.41. The van der Waals surface area contributed by atoms with Crippen LogP contribution in [0.25, 0.3) is 20.2 Å². The summed E-state index contributed by atoms with van der Waals surface area (Å²) in [5.41, 5.74) is 15.8. The van der Waals surface area contributed by atoms with Gasteiger partial charge in [-0.05, 0) is 104 Å². The third kappa shape index (κ3) is 6.50. The number of nitrogens with zero attached hydrogens (tertiary/aromatic N) is 3. The van der Waals surface area contributed by atoms with Crippen molar-refractivity contribution in [2.24, 2.45) is 0 Å². The van der Waals surface area contributed by atoms with E-state index in [9.17, 15) is 0 Å². The van der Waals surface area contributed by atoms with Gasteiger partial charge >= 0.3 is 0 Å². The zero-order chi connectivity index (χ0) is 45.1. The molecule has 4 aromatic carbocycles. The van der Waals surface area contributed by atoms with E-state index >= 15 is 0 Å². The number of aromatic nitrogens is 1. The summed E-state index contributed by atoms with van der Waals surface area (Å²) in [6, 6.07) is 33.5. The van der Waals surface area contributed by atoms with Crippen LogP contribution in [0.2, 0.25) is 0 Å². The lowest BCUT2D eigenvalue weighted by atomic mass is 9.39. The fourth-order valence-electron chi connectivity index (χ4n) is 10.8. The lowest BCUT2D eigenvalue weighted by Gasteiger charge is -2.44. The second-order valence-corrected chi connectivity index (χ2v) is 26.5.